The summed E-state index contributed by atoms with van der Waals surface area (Å²) in [7, 11) is 0. The van der Waals surface area contributed by atoms with Gasteiger partial charge in [0.2, 0.25) is 5.91 Å². The van der Waals surface area contributed by atoms with Gasteiger partial charge in [0, 0.05) is 11.4 Å². The Balaban J connectivity index is 1.66. The number of fused-ring (bicyclic) bond motifs is 1. The van der Waals surface area contributed by atoms with Crippen molar-refractivity contribution in [2.45, 2.75) is 33.4 Å². The summed E-state index contributed by atoms with van der Waals surface area (Å²) < 4.78 is 7.27. The van der Waals surface area contributed by atoms with Gasteiger partial charge in [0.1, 0.15) is 17.1 Å². The van der Waals surface area contributed by atoms with Crippen LogP contribution in [0.4, 0.5) is 0 Å². The van der Waals surface area contributed by atoms with E-state index in [0.29, 0.717) is 10.6 Å². The highest BCUT2D eigenvalue weighted by Gasteiger charge is 2.24. The number of rotatable bonds is 7. The van der Waals surface area contributed by atoms with Crippen LogP contribution in [-0.4, -0.2) is 39.1 Å². The summed E-state index contributed by atoms with van der Waals surface area (Å²) in [6.07, 6.45) is 1.56. The van der Waals surface area contributed by atoms with Gasteiger partial charge in [0.25, 0.3) is 5.91 Å². The van der Waals surface area contributed by atoms with E-state index in [-0.39, 0.29) is 30.9 Å². The van der Waals surface area contributed by atoms with Crippen molar-refractivity contribution in [1.82, 2.24) is 20.0 Å². The number of thiophene rings is 1. The van der Waals surface area contributed by atoms with Crippen molar-refractivity contribution >= 4 is 33.4 Å². The second kappa shape index (κ2) is 8.77. The highest BCUT2D eigenvalue weighted by Crippen LogP contribution is 2.31. The number of carbonyl (C=O) groups excluding carboxylic acids is 2. The molecular formula is C23H24N4O3S. The van der Waals surface area contributed by atoms with Gasteiger partial charge in [0.15, 0.2) is 0 Å². The molecule has 0 spiro atoms. The van der Waals surface area contributed by atoms with Gasteiger partial charge in [-0.3, -0.25) is 9.59 Å². The van der Waals surface area contributed by atoms with Crippen LogP contribution in [0.2, 0.25) is 0 Å². The molecule has 3 heterocycles. The monoisotopic (exact) mass is 436 g/mol. The molecule has 160 valence electrons. The van der Waals surface area contributed by atoms with Gasteiger partial charge in [-0.15, -0.1) is 11.3 Å². The first-order valence-corrected chi connectivity index (χ1v) is 10.9. The molecule has 0 atom stereocenters. The lowest BCUT2D eigenvalue weighted by atomic mass is 10.2. The molecule has 0 unspecified atom stereocenters. The third-order valence-electron chi connectivity index (χ3n) is 4.75. The molecule has 4 rings (SSSR count). The Kier molecular flexibility index (Phi) is 5.90. The molecule has 3 aromatic heterocycles. The highest BCUT2D eigenvalue weighted by atomic mass is 32.1. The van der Waals surface area contributed by atoms with Crippen molar-refractivity contribution in [1.29, 1.82) is 0 Å². The minimum Gasteiger partial charge on any atom is -0.467 e. The van der Waals surface area contributed by atoms with Crippen molar-refractivity contribution < 1.29 is 14.0 Å². The van der Waals surface area contributed by atoms with Crippen molar-refractivity contribution in [3.63, 3.8) is 0 Å². The van der Waals surface area contributed by atoms with Crippen LogP contribution in [0, 0.1) is 6.92 Å². The van der Waals surface area contributed by atoms with E-state index in [1.165, 1.54) is 16.2 Å². The standard InChI is InChI=1S/C23H24N4O3S/c1-15(2)24-21(28)14-26(13-18-10-7-11-30-18)22(29)20-12-19-16(3)25-27(23(19)31-20)17-8-5-4-6-9-17/h4-12,15H,13-14H2,1-3H3,(H,24,28). The van der Waals surface area contributed by atoms with Gasteiger partial charge in [-0.05, 0) is 51.1 Å². The van der Waals surface area contributed by atoms with E-state index in [1.807, 2.05) is 61.9 Å². The largest absolute Gasteiger partial charge is 0.467 e. The number of aryl methyl sites for hydroxylation is 1. The second-order valence-corrected chi connectivity index (χ2v) is 8.66. The van der Waals surface area contributed by atoms with E-state index in [2.05, 4.69) is 10.4 Å². The Morgan fingerprint density at radius 1 is 1.19 bits per heavy atom. The molecule has 0 aliphatic rings. The summed E-state index contributed by atoms with van der Waals surface area (Å²) in [5, 5.41) is 8.41. The summed E-state index contributed by atoms with van der Waals surface area (Å²) >= 11 is 1.38. The van der Waals surface area contributed by atoms with Crippen LogP contribution in [0.3, 0.4) is 0 Å². The molecule has 0 aliphatic heterocycles. The van der Waals surface area contributed by atoms with E-state index in [9.17, 15) is 9.59 Å². The molecule has 7 nitrogen and oxygen atoms in total. The molecule has 0 radical (unpaired) electrons. The lowest BCUT2D eigenvalue weighted by molar-refractivity contribution is -0.122. The van der Waals surface area contributed by atoms with Gasteiger partial charge >= 0.3 is 0 Å². The zero-order valence-electron chi connectivity index (χ0n) is 17.7. The average Bonchev–Trinajstić information content (AvgIpc) is 3.46. The van der Waals surface area contributed by atoms with E-state index < -0.39 is 0 Å². The van der Waals surface area contributed by atoms with Gasteiger partial charge in [-0.25, -0.2) is 4.68 Å². The molecule has 2 amide bonds. The molecular weight excluding hydrogens is 412 g/mol. The molecule has 0 saturated heterocycles. The molecule has 0 bridgehead atoms. The molecule has 0 aliphatic carbocycles. The maximum Gasteiger partial charge on any atom is 0.264 e. The topological polar surface area (TPSA) is 80.4 Å². The van der Waals surface area contributed by atoms with Gasteiger partial charge in [-0.2, -0.15) is 5.10 Å². The minimum absolute atomic E-state index is 0.00287. The van der Waals surface area contributed by atoms with Gasteiger partial charge in [0.05, 0.1) is 29.1 Å². The van der Waals surface area contributed by atoms with E-state index >= 15 is 0 Å². The zero-order chi connectivity index (χ0) is 22.0. The van der Waals surface area contributed by atoms with Crippen LogP contribution in [-0.2, 0) is 11.3 Å². The number of hydrogen-bond acceptors (Lipinski definition) is 5. The maximum atomic E-state index is 13.4. The first-order valence-electron chi connectivity index (χ1n) is 10.1. The second-order valence-electron chi connectivity index (χ2n) is 7.63. The average molecular weight is 437 g/mol. The predicted molar refractivity (Wildman–Crippen MR) is 120 cm³/mol. The molecule has 0 saturated carbocycles. The lowest BCUT2D eigenvalue weighted by Crippen LogP contribution is -2.42. The number of nitrogens with one attached hydrogen (secondary N) is 1. The van der Waals surface area contributed by atoms with E-state index in [0.717, 1.165) is 21.6 Å². The Labute approximate surface area is 184 Å². The fourth-order valence-corrected chi connectivity index (χ4v) is 4.53. The molecule has 31 heavy (non-hydrogen) atoms. The number of carbonyl (C=O) groups is 2. The van der Waals surface area contributed by atoms with E-state index in [4.69, 9.17) is 4.42 Å². The van der Waals surface area contributed by atoms with Crippen molar-refractivity contribution in [2.75, 3.05) is 6.54 Å². The summed E-state index contributed by atoms with van der Waals surface area (Å²) in [4.78, 5) is 28.8. The lowest BCUT2D eigenvalue weighted by Gasteiger charge is -2.21. The first kappa shape index (κ1) is 20.9. The number of para-hydroxylation sites is 1. The maximum absolute atomic E-state index is 13.4. The highest BCUT2D eigenvalue weighted by molar-refractivity contribution is 7.20. The molecule has 4 aromatic rings. The fraction of sp³-hybridized carbons (Fsp3) is 0.261. The van der Waals surface area contributed by atoms with Gasteiger partial charge < -0.3 is 14.6 Å². The van der Waals surface area contributed by atoms with Gasteiger partial charge in [-0.1, -0.05) is 18.2 Å². The molecule has 8 heteroatoms. The van der Waals surface area contributed by atoms with E-state index in [1.54, 1.807) is 18.4 Å². The summed E-state index contributed by atoms with van der Waals surface area (Å²) in [5.74, 6) is 0.205. The number of benzene rings is 1. The minimum atomic E-state index is -0.212. The Bertz CT molecular complexity index is 1190. The predicted octanol–water partition coefficient (Wildman–Crippen LogP) is 4.16. The Hall–Kier alpha value is -3.39. The SMILES string of the molecule is Cc1nn(-c2ccccc2)c2sc(C(=O)N(CC(=O)NC(C)C)Cc3ccco3)cc12. The molecule has 1 N–H and O–H groups in total. The normalized spacial score (nSPS) is 11.2. The first-order chi connectivity index (χ1) is 14.9. The molecule has 0 fully saturated rings. The third kappa shape index (κ3) is 4.54. The van der Waals surface area contributed by atoms with Crippen LogP contribution in [0.1, 0.15) is 35.0 Å². The summed E-state index contributed by atoms with van der Waals surface area (Å²) in [6, 6.07) is 15.2. The Morgan fingerprint density at radius 3 is 2.65 bits per heavy atom. The number of nitrogens with zero attached hydrogens (tertiary/aromatic N) is 3. The van der Waals surface area contributed by atoms with Crippen LogP contribution < -0.4 is 5.32 Å². The van der Waals surface area contributed by atoms with Crippen molar-refractivity contribution in [2.24, 2.45) is 0 Å². The fourth-order valence-electron chi connectivity index (χ4n) is 3.38. The third-order valence-corrected chi connectivity index (χ3v) is 5.85. The number of furan rings is 1. The van der Waals surface area contributed by atoms with Crippen LogP contribution >= 0.6 is 11.3 Å². The number of hydrogen-bond donors (Lipinski definition) is 1. The smallest absolute Gasteiger partial charge is 0.264 e. The summed E-state index contributed by atoms with van der Waals surface area (Å²) in [6.45, 7) is 5.88. The van der Waals surface area contributed by atoms with Crippen LogP contribution in [0.15, 0.2) is 59.2 Å². The molecule has 1 aromatic carbocycles. The van der Waals surface area contributed by atoms with Crippen LogP contribution in [0.25, 0.3) is 15.9 Å². The van der Waals surface area contributed by atoms with Crippen molar-refractivity contribution in [3.8, 4) is 5.69 Å². The zero-order valence-corrected chi connectivity index (χ0v) is 18.5. The quantitative estimate of drug-likeness (QED) is 0.472. The van der Waals surface area contributed by atoms with Crippen LogP contribution in [0.5, 0.6) is 0 Å². The number of amides is 2. The Morgan fingerprint density at radius 2 is 1.97 bits per heavy atom. The number of aromatic nitrogens is 2. The van der Waals surface area contributed by atoms with Crippen molar-refractivity contribution in [3.05, 3.63) is 71.1 Å². The summed E-state index contributed by atoms with van der Waals surface area (Å²) in [5.41, 5.74) is 1.79.